The van der Waals surface area contributed by atoms with Crippen molar-refractivity contribution in [1.29, 1.82) is 0 Å². The Labute approximate surface area is 127 Å². The monoisotopic (exact) mass is 284 g/mol. The van der Waals surface area contributed by atoms with Crippen molar-refractivity contribution in [3.05, 3.63) is 58.7 Å². The van der Waals surface area contributed by atoms with Crippen LogP contribution in [0.15, 0.2) is 36.4 Å². The van der Waals surface area contributed by atoms with E-state index in [0.29, 0.717) is 0 Å². The van der Waals surface area contributed by atoms with Gasteiger partial charge in [-0.15, -0.1) is 0 Å². The number of ether oxygens (including phenoxy) is 1. The van der Waals surface area contributed by atoms with Gasteiger partial charge in [-0.05, 0) is 53.6 Å². The second-order valence-corrected chi connectivity index (χ2v) is 6.59. The standard InChI is InChI=1S/C19H24O2/c1-13-10-15(12-20)6-8-17(13)21-18-9-7-16(11-14(18)2)19(3,4)5/h6-11,20H,12H2,1-5H3. The van der Waals surface area contributed by atoms with Crippen LogP contribution in [0.1, 0.15) is 43.0 Å². The van der Waals surface area contributed by atoms with E-state index in [0.717, 1.165) is 28.2 Å². The Morgan fingerprint density at radius 3 is 1.95 bits per heavy atom. The summed E-state index contributed by atoms with van der Waals surface area (Å²) < 4.78 is 6.03. The molecule has 0 unspecified atom stereocenters. The van der Waals surface area contributed by atoms with Crippen molar-refractivity contribution < 1.29 is 9.84 Å². The van der Waals surface area contributed by atoms with E-state index in [9.17, 15) is 0 Å². The number of aliphatic hydroxyl groups is 1. The fourth-order valence-corrected chi connectivity index (χ4v) is 2.27. The molecule has 0 radical (unpaired) electrons. The molecule has 0 aliphatic rings. The maximum absolute atomic E-state index is 9.15. The molecule has 2 aromatic rings. The zero-order chi connectivity index (χ0) is 15.6. The zero-order valence-electron chi connectivity index (χ0n) is 13.5. The predicted molar refractivity (Wildman–Crippen MR) is 87.1 cm³/mol. The summed E-state index contributed by atoms with van der Waals surface area (Å²) in [6.07, 6.45) is 0. The van der Waals surface area contributed by atoms with E-state index in [1.807, 2.05) is 31.2 Å². The summed E-state index contributed by atoms with van der Waals surface area (Å²) in [7, 11) is 0. The topological polar surface area (TPSA) is 29.5 Å². The minimum atomic E-state index is 0.0560. The van der Waals surface area contributed by atoms with E-state index < -0.39 is 0 Å². The van der Waals surface area contributed by atoms with E-state index in [1.54, 1.807) is 0 Å². The fourth-order valence-electron chi connectivity index (χ4n) is 2.27. The second kappa shape index (κ2) is 5.90. The van der Waals surface area contributed by atoms with Crippen LogP contribution in [-0.2, 0) is 12.0 Å². The number of hydrogen-bond donors (Lipinski definition) is 1. The maximum Gasteiger partial charge on any atom is 0.130 e. The Morgan fingerprint density at radius 1 is 0.905 bits per heavy atom. The number of benzene rings is 2. The highest BCUT2D eigenvalue weighted by Gasteiger charge is 2.15. The van der Waals surface area contributed by atoms with Gasteiger partial charge in [-0.1, -0.05) is 45.0 Å². The van der Waals surface area contributed by atoms with Crippen molar-refractivity contribution in [1.82, 2.24) is 0 Å². The average molecular weight is 284 g/mol. The van der Waals surface area contributed by atoms with E-state index in [-0.39, 0.29) is 12.0 Å². The first-order valence-corrected chi connectivity index (χ1v) is 7.30. The van der Waals surface area contributed by atoms with Crippen LogP contribution >= 0.6 is 0 Å². The number of aryl methyl sites for hydroxylation is 2. The third kappa shape index (κ3) is 3.64. The highest BCUT2D eigenvalue weighted by atomic mass is 16.5. The lowest BCUT2D eigenvalue weighted by atomic mass is 9.86. The largest absolute Gasteiger partial charge is 0.457 e. The highest BCUT2D eigenvalue weighted by molar-refractivity contribution is 5.44. The molecule has 2 rings (SSSR count). The third-order valence-electron chi connectivity index (χ3n) is 3.68. The molecule has 0 atom stereocenters. The molecule has 0 aliphatic carbocycles. The molecule has 0 amide bonds. The molecule has 0 bridgehead atoms. The van der Waals surface area contributed by atoms with Crippen LogP contribution in [0.5, 0.6) is 11.5 Å². The van der Waals surface area contributed by atoms with Gasteiger partial charge in [0.25, 0.3) is 0 Å². The van der Waals surface area contributed by atoms with E-state index >= 15 is 0 Å². The second-order valence-electron chi connectivity index (χ2n) is 6.59. The van der Waals surface area contributed by atoms with Gasteiger partial charge in [0, 0.05) is 0 Å². The Morgan fingerprint density at radius 2 is 1.48 bits per heavy atom. The van der Waals surface area contributed by atoms with E-state index in [4.69, 9.17) is 9.84 Å². The zero-order valence-corrected chi connectivity index (χ0v) is 13.5. The summed E-state index contributed by atoms with van der Waals surface area (Å²) in [6, 6.07) is 12.1. The van der Waals surface area contributed by atoms with Crippen molar-refractivity contribution in [2.75, 3.05) is 0 Å². The quantitative estimate of drug-likeness (QED) is 0.870. The first-order valence-electron chi connectivity index (χ1n) is 7.30. The molecule has 2 heteroatoms. The predicted octanol–water partition coefficient (Wildman–Crippen LogP) is 4.89. The minimum Gasteiger partial charge on any atom is -0.457 e. The molecule has 0 aromatic heterocycles. The lowest BCUT2D eigenvalue weighted by molar-refractivity contribution is 0.281. The van der Waals surface area contributed by atoms with Crippen molar-refractivity contribution in [3.8, 4) is 11.5 Å². The molecular formula is C19H24O2. The van der Waals surface area contributed by atoms with Gasteiger partial charge in [0.05, 0.1) is 6.61 Å². The van der Waals surface area contributed by atoms with E-state index in [2.05, 4.69) is 39.8 Å². The smallest absolute Gasteiger partial charge is 0.130 e. The van der Waals surface area contributed by atoms with Gasteiger partial charge in [0.15, 0.2) is 0 Å². The number of rotatable bonds is 3. The Balaban J connectivity index is 2.28. The van der Waals surface area contributed by atoms with Gasteiger partial charge in [-0.25, -0.2) is 0 Å². The lowest BCUT2D eigenvalue weighted by Crippen LogP contribution is -2.11. The number of hydrogen-bond acceptors (Lipinski definition) is 2. The van der Waals surface area contributed by atoms with Gasteiger partial charge in [0.1, 0.15) is 11.5 Å². The molecule has 0 fully saturated rings. The summed E-state index contributed by atoms with van der Waals surface area (Å²) in [4.78, 5) is 0. The molecule has 0 saturated heterocycles. The number of aliphatic hydroxyl groups excluding tert-OH is 1. The Bertz CT molecular complexity index is 636. The van der Waals surface area contributed by atoms with Crippen LogP contribution < -0.4 is 4.74 Å². The first-order chi connectivity index (χ1) is 9.81. The van der Waals surface area contributed by atoms with Crippen LogP contribution in [0.25, 0.3) is 0 Å². The van der Waals surface area contributed by atoms with Crippen LogP contribution in [0.2, 0.25) is 0 Å². The fraction of sp³-hybridized carbons (Fsp3) is 0.368. The Hall–Kier alpha value is -1.80. The van der Waals surface area contributed by atoms with Gasteiger partial charge >= 0.3 is 0 Å². The average Bonchev–Trinajstić information content (AvgIpc) is 2.41. The molecule has 2 nitrogen and oxygen atoms in total. The summed E-state index contributed by atoms with van der Waals surface area (Å²) in [6.45, 7) is 10.7. The molecular weight excluding hydrogens is 260 g/mol. The normalized spacial score (nSPS) is 11.5. The summed E-state index contributed by atoms with van der Waals surface area (Å²) in [5.74, 6) is 1.71. The Kier molecular flexibility index (Phi) is 4.38. The van der Waals surface area contributed by atoms with Crippen LogP contribution in [0.4, 0.5) is 0 Å². The molecule has 21 heavy (non-hydrogen) atoms. The molecule has 0 saturated carbocycles. The summed E-state index contributed by atoms with van der Waals surface area (Å²) >= 11 is 0. The summed E-state index contributed by atoms with van der Waals surface area (Å²) in [5, 5.41) is 9.15. The first kappa shape index (κ1) is 15.6. The van der Waals surface area contributed by atoms with Crippen molar-refractivity contribution >= 4 is 0 Å². The molecule has 0 aliphatic heterocycles. The van der Waals surface area contributed by atoms with Crippen LogP contribution in [-0.4, -0.2) is 5.11 Å². The molecule has 0 spiro atoms. The minimum absolute atomic E-state index is 0.0560. The molecule has 112 valence electrons. The van der Waals surface area contributed by atoms with Gasteiger partial charge in [0.2, 0.25) is 0 Å². The van der Waals surface area contributed by atoms with E-state index in [1.165, 1.54) is 5.56 Å². The lowest BCUT2D eigenvalue weighted by Gasteiger charge is -2.21. The molecule has 2 aromatic carbocycles. The molecule has 1 N–H and O–H groups in total. The van der Waals surface area contributed by atoms with Crippen LogP contribution in [0, 0.1) is 13.8 Å². The maximum atomic E-state index is 9.15. The van der Waals surface area contributed by atoms with Gasteiger partial charge in [-0.2, -0.15) is 0 Å². The molecule has 0 heterocycles. The van der Waals surface area contributed by atoms with Gasteiger partial charge < -0.3 is 9.84 Å². The van der Waals surface area contributed by atoms with Crippen molar-refractivity contribution in [2.24, 2.45) is 0 Å². The highest BCUT2D eigenvalue weighted by Crippen LogP contribution is 2.31. The van der Waals surface area contributed by atoms with Crippen molar-refractivity contribution in [2.45, 2.75) is 46.6 Å². The SMILES string of the molecule is Cc1cc(CO)ccc1Oc1ccc(C(C)(C)C)cc1C. The summed E-state index contributed by atoms with van der Waals surface area (Å²) in [5.41, 5.74) is 4.51. The van der Waals surface area contributed by atoms with Crippen molar-refractivity contribution in [3.63, 3.8) is 0 Å². The van der Waals surface area contributed by atoms with Gasteiger partial charge in [-0.3, -0.25) is 0 Å². The third-order valence-corrected chi connectivity index (χ3v) is 3.68. The van der Waals surface area contributed by atoms with Crippen LogP contribution in [0.3, 0.4) is 0 Å².